The highest BCUT2D eigenvalue weighted by Crippen LogP contribution is 2.20. The number of hydrogen-bond donors (Lipinski definition) is 1. The average molecular weight is 318 g/mol. The minimum atomic E-state index is -0.993. The first kappa shape index (κ1) is 17.5. The van der Waals surface area contributed by atoms with Gasteiger partial charge in [0, 0.05) is 13.1 Å². The molecule has 0 spiro atoms. The number of amides is 1. The first-order valence-electron chi connectivity index (χ1n) is 8.09. The summed E-state index contributed by atoms with van der Waals surface area (Å²) in [6.07, 6.45) is 1.85. The van der Waals surface area contributed by atoms with E-state index in [0.29, 0.717) is 0 Å². The van der Waals surface area contributed by atoms with E-state index >= 15 is 0 Å². The summed E-state index contributed by atoms with van der Waals surface area (Å²) in [7, 11) is 1.33. The van der Waals surface area contributed by atoms with Crippen molar-refractivity contribution in [3.63, 3.8) is 0 Å². The molecule has 1 saturated heterocycles. The van der Waals surface area contributed by atoms with E-state index in [1.165, 1.54) is 12.7 Å². The molecule has 1 aromatic rings. The average Bonchev–Trinajstić information content (AvgIpc) is 2.54. The van der Waals surface area contributed by atoms with E-state index in [-0.39, 0.29) is 11.8 Å². The number of likely N-dealkylation sites (tertiary alicyclic amines) is 1. The fraction of sp³-hybridized carbons (Fsp3) is 0.556. The second kappa shape index (κ2) is 7.59. The third kappa shape index (κ3) is 4.79. The maximum atomic E-state index is 12.5. The van der Waals surface area contributed by atoms with Gasteiger partial charge in [-0.25, -0.2) is 4.79 Å². The van der Waals surface area contributed by atoms with Crippen LogP contribution in [0.3, 0.4) is 0 Å². The number of carbonyl (C=O) groups excluding carboxylic acids is 2. The highest BCUT2D eigenvalue weighted by atomic mass is 16.5. The number of ether oxygens (including phenoxy) is 1. The van der Waals surface area contributed by atoms with Crippen LogP contribution < -0.4 is 5.32 Å². The van der Waals surface area contributed by atoms with Crippen LogP contribution in [-0.2, 0) is 20.9 Å². The van der Waals surface area contributed by atoms with Crippen LogP contribution >= 0.6 is 0 Å². The van der Waals surface area contributed by atoms with Gasteiger partial charge in [-0.1, -0.05) is 30.3 Å². The third-order valence-corrected chi connectivity index (χ3v) is 4.26. The lowest BCUT2D eigenvalue weighted by atomic mass is 9.95. The monoisotopic (exact) mass is 318 g/mol. The molecule has 0 aliphatic carbocycles. The van der Waals surface area contributed by atoms with E-state index in [4.69, 9.17) is 4.74 Å². The summed E-state index contributed by atoms with van der Waals surface area (Å²) in [6.45, 7) is 5.91. The Morgan fingerprint density at radius 1 is 1.30 bits per heavy atom. The molecule has 1 aliphatic rings. The topological polar surface area (TPSA) is 58.6 Å². The smallest absolute Gasteiger partial charge is 0.330 e. The Hall–Kier alpha value is -1.88. The molecule has 1 aromatic carbocycles. The molecule has 1 aliphatic heterocycles. The van der Waals surface area contributed by atoms with Gasteiger partial charge in [0.1, 0.15) is 5.54 Å². The number of hydrogen-bond acceptors (Lipinski definition) is 4. The lowest BCUT2D eigenvalue weighted by Gasteiger charge is -2.34. The Balaban J connectivity index is 1.92. The van der Waals surface area contributed by atoms with Gasteiger partial charge in [0.25, 0.3) is 0 Å². The van der Waals surface area contributed by atoms with Crippen LogP contribution in [0.2, 0.25) is 0 Å². The predicted molar refractivity (Wildman–Crippen MR) is 88.7 cm³/mol. The highest BCUT2D eigenvalue weighted by molar-refractivity contribution is 5.88. The van der Waals surface area contributed by atoms with Crippen LogP contribution in [0.4, 0.5) is 0 Å². The van der Waals surface area contributed by atoms with Gasteiger partial charge in [0.2, 0.25) is 5.91 Å². The molecule has 0 radical (unpaired) electrons. The molecule has 5 heteroatoms. The lowest BCUT2D eigenvalue weighted by molar-refractivity contribution is -0.150. The molecule has 1 N–H and O–H groups in total. The van der Waals surface area contributed by atoms with Gasteiger partial charge >= 0.3 is 5.97 Å². The van der Waals surface area contributed by atoms with Crippen LogP contribution in [0.15, 0.2) is 30.3 Å². The zero-order chi connectivity index (χ0) is 16.9. The molecule has 1 amide bonds. The summed E-state index contributed by atoms with van der Waals surface area (Å²) in [5.41, 5.74) is 0.261. The molecule has 2 rings (SSSR count). The maximum Gasteiger partial charge on any atom is 0.330 e. The fourth-order valence-corrected chi connectivity index (χ4v) is 2.97. The molecular weight excluding hydrogens is 292 g/mol. The van der Waals surface area contributed by atoms with Crippen molar-refractivity contribution >= 4 is 11.9 Å². The van der Waals surface area contributed by atoms with Crippen molar-refractivity contribution < 1.29 is 14.3 Å². The molecular formula is C18H26N2O3. The Kier molecular flexibility index (Phi) is 5.77. The zero-order valence-corrected chi connectivity index (χ0v) is 14.2. The Labute approximate surface area is 138 Å². The SMILES string of the molecule is COC(=O)C(C)(C)NC(=O)C1CCCN(Cc2ccccc2)C1. The van der Waals surface area contributed by atoms with E-state index in [1.807, 2.05) is 18.2 Å². The van der Waals surface area contributed by atoms with Crippen LogP contribution in [0.1, 0.15) is 32.3 Å². The summed E-state index contributed by atoms with van der Waals surface area (Å²) in [5.74, 6) is -0.586. The molecule has 126 valence electrons. The summed E-state index contributed by atoms with van der Waals surface area (Å²) < 4.78 is 4.74. The van der Waals surface area contributed by atoms with Crippen molar-refractivity contribution in [1.29, 1.82) is 0 Å². The van der Waals surface area contributed by atoms with Crippen molar-refractivity contribution in [3.05, 3.63) is 35.9 Å². The summed E-state index contributed by atoms with van der Waals surface area (Å²) in [6, 6.07) is 10.3. The van der Waals surface area contributed by atoms with Gasteiger partial charge in [0.05, 0.1) is 13.0 Å². The lowest BCUT2D eigenvalue weighted by Crippen LogP contribution is -2.54. The predicted octanol–water partition coefficient (Wildman–Crippen LogP) is 1.97. The number of nitrogens with zero attached hydrogens (tertiary/aromatic N) is 1. The van der Waals surface area contributed by atoms with Crippen molar-refractivity contribution in [2.45, 2.75) is 38.8 Å². The quantitative estimate of drug-likeness (QED) is 0.843. The van der Waals surface area contributed by atoms with E-state index in [1.54, 1.807) is 13.8 Å². The first-order valence-corrected chi connectivity index (χ1v) is 8.09. The third-order valence-electron chi connectivity index (χ3n) is 4.26. The van der Waals surface area contributed by atoms with Crippen molar-refractivity contribution in [3.8, 4) is 0 Å². The normalized spacial score (nSPS) is 19.2. The van der Waals surface area contributed by atoms with Gasteiger partial charge < -0.3 is 10.1 Å². The van der Waals surface area contributed by atoms with Crippen LogP contribution in [0, 0.1) is 5.92 Å². The second-order valence-corrected chi connectivity index (χ2v) is 6.67. The Morgan fingerprint density at radius 2 is 2.00 bits per heavy atom. The van der Waals surface area contributed by atoms with Gasteiger partial charge in [-0.15, -0.1) is 0 Å². The number of rotatable bonds is 5. The van der Waals surface area contributed by atoms with Crippen molar-refractivity contribution in [2.24, 2.45) is 5.92 Å². The second-order valence-electron chi connectivity index (χ2n) is 6.67. The molecule has 0 saturated carbocycles. The van der Waals surface area contributed by atoms with E-state index < -0.39 is 11.5 Å². The number of carbonyl (C=O) groups is 2. The number of methoxy groups -OCH3 is 1. The molecule has 0 aromatic heterocycles. The molecule has 1 unspecified atom stereocenters. The van der Waals surface area contributed by atoms with E-state index in [2.05, 4.69) is 22.3 Å². The molecule has 0 bridgehead atoms. The van der Waals surface area contributed by atoms with Crippen LogP contribution in [-0.4, -0.2) is 42.5 Å². The molecule has 23 heavy (non-hydrogen) atoms. The van der Waals surface area contributed by atoms with Gasteiger partial charge in [0.15, 0.2) is 0 Å². The summed E-state index contributed by atoms with van der Waals surface area (Å²) in [5, 5.41) is 2.82. The van der Waals surface area contributed by atoms with Crippen LogP contribution in [0.5, 0.6) is 0 Å². The minimum Gasteiger partial charge on any atom is -0.467 e. The standard InChI is InChI=1S/C18H26N2O3/c1-18(2,17(22)23-3)19-16(21)15-10-7-11-20(13-15)12-14-8-5-4-6-9-14/h4-6,8-9,15H,7,10-13H2,1-3H3,(H,19,21). The zero-order valence-electron chi connectivity index (χ0n) is 14.2. The number of esters is 1. The van der Waals surface area contributed by atoms with Crippen molar-refractivity contribution in [2.75, 3.05) is 20.2 Å². The van der Waals surface area contributed by atoms with Crippen LogP contribution in [0.25, 0.3) is 0 Å². The maximum absolute atomic E-state index is 12.5. The number of nitrogens with one attached hydrogen (secondary N) is 1. The minimum absolute atomic E-state index is 0.0711. The summed E-state index contributed by atoms with van der Waals surface area (Å²) in [4.78, 5) is 26.5. The molecule has 5 nitrogen and oxygen atoms in total. The summed E-state index contributed by atoms with van der Waals surface area (Å²) >= 11 is 0. The largest absolute Gasteiger partial charge is 0.467 e. The first-order chi connectivity index (χ1) is 10.9. The Morgan fingerprint density at radius 3 is 2.65 bits per heavy atom. The number of piperidine rings is 1. The highest BCUT2D eigenvalue weighted by Gasteiger charge is 2.34. The molecule has 1 fully saturated rings. The fourth-order valence-electron chi connectivity index (χ4n) is 2.97. The molecule has 1 atom stereocenters. The van der Waals surface area contributed by atoms with E-state index in [9.17, 15) is 9.59 Å². The van der Waals surface area contributed by atoms with E-state index in [0.717, 1.165) is 32.5 Å². The van der Waals surface area contributed by atoms with Gasteiger partial charge in [-0.3, -0.25) is 9.69 Å². The van der Waals surface area contributed by atoms with Gasteiger partial charge in [-0.05, 0) is 38.8 Å². The Bertz CT molecular complexity index is 542. The van der Waals surface area contributed by atoms with Crippen molar-refractivity contribution in [1.82, 2.24) is 10.2 Å². The number of benzene rings is 1. The molecule has 1 heterocycles. The van der Waals surface area contributed by atoms with Gasteiger partial charge in [-0.2, -0.15) is 0 Å².